The van der Waals surface area contributed by atoms with Gasteiger partial charge in [-0.3, -0.25) is 0 Å². The Morgan fingerprint density at radius 2 is 1.55 bits per heavy atom. The minimum Gasteiger partial charge on any atom is -0.334 e. The molecule has 0 fully saturated rings. The molecule has 178 valence electrons. The van der Waals surface area contributed by atoms with Gasteiger partial charge in [-0.1, -0.05) is 99.3 Å². The lowest BCUT2D eigenvalue weighted by molar-refractivity contribution is 0.421. The van der Waals surface area contributed by atoms with Crippen molar-refractivity contribution in [2.75, 3.05) is 6.54 Å². The number of unbranched alkanes of at least 4 members (excludes halogenated alkanes) is 8. The van der Waals surface area contributed by atoms with E-state index < -0.39 is 0 Å². The Hall–Kier alpha value is -2.17. The van der Waals surface area contributed by atoms with E-state index in [1.165, 1.54) is 62.5 Å². The topological polar surface area (TPSA) is 51.0 Å². The number of halogens is 1. The standard InChI is InChI=1S/C28H38ClN3O/c1-2-3-4-5-6-7-8-9-10-14-27-31-28(33-32-27)25-17-15-24(16-18-25)22-30-20-19-23-12-11-13-26(29)21-23/h11-13,15-18,21,30H,2-10,14,19-20,22H2,1H3. The molecule has 0 aliphatic rings. The normalized spacial score (nSPS) is 11.2. The van der Waals surface area contributed by atoms with Crippen molar-refractivity contribution in [1.29, 1.82) is 0 Å². The molecule has 0 radical (unpaired) electrons. The average molecular weight is 468 g/mol. The van der Waals surface area contributed by atoms with Gasteiger partial charge in [0.2, 0.25) is 0 Å². The van der Waals surface area contributed by atoms with Crippen LogP contribution in [0.2, 0.25) is 5.02 Å². The molecule has 0 unspecified atom stereocenters. The predicted molar refractivity (Wildman–Crippen MR) is 138 cm³/mol. The van der Waals surface area contributed by atoms with Gasteiger partial charge in [-0.15, -0.1) is 0 Å². The van der Waals surface area contributed by atoms with Crippen LogP contribution >= 0.6 is 11.6 Å². The van der Waals surface area contributed by atoms with Crippen molar-refractivity contribution in [1.82, 2.24) is 15.5 Å². The molecule has 0 amide bonds. The minimum absolute atomic E-state index is 0.612. The molecular weight excluding hydrogens is 430 g/mol. The number of rotatable bonds is 16. The molecule has 2 aromatic carbocycles. The van der Waals surface area contributed by atoms with Gasteiger partial charge >= 0.3 is 0 Å². The summed E-state index contributed by atoms with van der Waals surface area (Å²) < 4.78 is 5.49. The molecule has 1 aromatic heterocycles. The Balaban J connectivity index is 1.32. The van der Waals surface area contributed by atoms with Gasteiger partial charge in [0.15, 0.2) is 5.82 Å². The highest BCUT2D eigenvalue weighted by Gasteiger charge is 2.08. The summed E-state index contributed by atoms with van der Waals surface area (Å²) in [6.45, 7) is 4.00. The van der Waals surface area contributed by atoms with Crippen LogP contribution in [0.15, 0.2) is 53.1 Å². The smallest absolute Gasteiger partial charge is 0.257 e. The quantitative estimate of drug-likeness (QED) is 0.218. The first-order valence-electron chi connectivity index (χ1n) is 12.6. The molecule has 1 heterocycles. The van der Waals surface area contributed by atoms with Crippen LogP contribution < -0.4 is 5.32 Å². The van der Waals surface area contributed by atoms with Crippen LogP contribution in [0.25, 0.3) is 11.5 Å². The lowest BCUT2D eigenvalue weighted by Gasteiger charge is -2.06. The molecule has 33 heavy (non-hydrogen) atoms. The molecule has 0 atom stereocenters. The molecule has 3 rings (SSSR count). The maximum absolute atomic E-state index is 6.04. The fourth-order valence-corrected chi connectivity index (χ4v) is 4.20. The molecule has 0 spiro atoms. The van der Waals surface area contributed by atoms with Crippen molar-refractivity contribution < 1.29 is 4.52 Å². The summed E-state index contributed by atoms with van der Waals surface area (Å²) in [4.78, 5) is 4.59. The van der Waals surface area contributed by atoms with Gasteiger partial charge in [0.25, 0.3) is 5.89 Å². The summed E-state index contributed by atoms with van der Waals surface area (Å²) in [7, 11) is 0. The Labute approximate surface area is 204 Å². The van der Waals surface area contributed by atoms with Crippen molar-refractivity contribution >= 4 is 11.6 Å². The Morgan fingerprint density at radius 3 is 2.27 bits per heavy atom. The zero-order valence-corrected chi connectivity index (χ0v) is 20.7. The minimum atomic E-state index is 0.612. The Kier molecular flexibility index (Phi) is 11.5. The first kappa shape index (κ1) is 25.5. The van der Waals surface area contributed by atoms with Gasteiger partial charge in [-0.05, 0) is 54.8 Å². The van der Waals surface area contributed by atoms with Crippen molar-refractivity contribution in [2.24, 2.45) is 0 Å². The lowest BCUT2D eigenvalue weighted by atomic mass is 10.1. The van der Waals surface area contributed by atoms with E-state index in [1.807, 2.05) is 18.2 Å². The molecule has 0 saturated carbocycles. The van der Waals surface area contributed by atoms with Crippen molar-refractivity contribution in [3.8, 4) is 11.5 Å². The third-order valence-electron chi connectivity index (χ3n) is 5.98. The molecule has 5 heteroatoms. The number of hydrogen-bond acceptors (Lipinski definition) is 4. The summed E-state index contributed by atoms with van der Waals surface area (Å²) in [5.74, 6) is 1.43. The van der Waals surface area contributed by atoms with E-state index in [-0.39, 0.29) is 0 Å². The second kappa shape index (κ2) is 14.9. The summed E-state index contributed by atoms with van der Waals surface area (Å²) >= 11 is 6.04. The Morgan fingerprint density at radius 1 is 0.818 bits per heavy atom. The monoisotopic (exact) mass is 467 g/mol. The van der Waals surface area contributed by atoms with E-state index in [0.717, 1.165) is 48.8 Å². The maximum atomic E-state index is 6.04. The number of aromatic nitrogens is 2. The van der Waals surface area contributed by atoms with Crippen molar-refractivity contribution in [3.63, 3.8) is 0 Å². The van der Waals surface area contributed by atoms with Crippen LogP contribution in [0.1, 0.15) is 81.7 Å². The summed E-state index contributed by atoms with van der Waals surface area (Å²) in [6, 6.07) is 16.4. The molecule has 0 aliphatic heterocycles. The molecular formula is C28H38ClN3O. The van der Waals surface area contributed by atoms with Crippen LogP contribution in [0.4, 0.5) is 0 Å². The summed E-state index contributed by atoms with van der Waals surface area (Å²) in [5, 5.41) is 8.45. The van der Waals surface area contributed by atoms with E-state index in [9.17, 15) is 0 Å². The highest BCUT2D eigenvalue weighted by Crippen LogP contribution is 2.19. The Bertz CT molecular complexity index is 923. The number of hydrogen-bond donors (Lipinski definition) is 1. The van der Waals surface area contributed by atoms with E-state index in [1.54, 1.807) is 0 Å². The van der Waals surface area contributed by atoms with Crippen molar-refractivity contribution in [2.45, 2.75) is 84.1 Å². The number of nitrogens with zero attached hydrogens (tertiary/aromatic N) is 2. The number of nitrogens with one attached hydrogen (secondary N) is 1. The highest BCUT2D eigenvalue weighted by molar-refractivity contribution is 6.30. The summed E-state index contributed by atoms with van der Waals surface area (Å²) in [6.07, 6.45) is 13.8. The van der Waals surface area contributed by atoms with Crippen LogP contribution in [-0.2, 0) is 19.4 Å². The summed E-state index contributed by atoms with van der Waals surface area (Å²) in [5.41, 5.74) is 3.46. The largest absolute Gasteiger partial charge is 0.334 e. The molecule has 3 aromatic rings. The third-order valence-corrected chi connectivity index (χ3v) is 6.22. The predicted octanol–water partition coefficient (Wildman–Crippen LogP) is 7.80. The van der Waals surface area contributed by atoms with E-state index in [0.29, 0.717) is 5.89 Å². The highest BCUT2D eigenvalue weighted by atomic mass is 35.5. The molecule has 0 saturated heterocycles. The molecule has 0 aliphatic carbocycles. The zero-order valence-electron chi connectivity index (χ0n) is 20.0. The van der Waals surface area contributed by atoms with Crippen LogP contribution in [0.5, 0.6) is 0 Å². The van der Waals surface area contributed by atoms with Crippen molar-refractivity contribution in [3.05, 3.63) is 70.5 Å². The van der Waals surface area contributed by atoms with Gasteiger partial charge in [-0.2, -0.15) is 4.98 Å². The van der Waals surface area contributed by atoms with Crippen LogP contribution in [0, 0.1) is 0 Å². The number of benzene rings is 2. The van der Waals surface area contributed by atoms with Gasteiger partial charge in [0, 0.05) is 23.6 Å². The molecule has 1 N–H and O–H groups in total. The molecule has 0 bridgehead atoms. The number of aryl methyl sites for hydroxylation is 1. The van der Waals surface area contributed by atoms with Crippen LogP contribution in [0.3, 0.4) is 0 Å². The van der Waals surface area contributed by atoms with Gasteiger partial charge in [-0.25, -0.2) is 0 Å². The van der Waals surface area contributed by atoms with E-state index in [2.05, 4.69) is 52.7 Å². The first-order chi connectivity index (χ1) is 16.2. The fourth-order valence-electron chi connectivity index (χ4n) is 3.99. The zero-order chi connectivity index (χ0) is 23.1. The van der Waals surface area contributed by atoms with Gasteiger partial charge in [0.1, 0.15) is 0 Å². The van der Waals surface area contributed by atoms with Gasteiger partial charge < -0.3 is 9.84 Å². The van der Waals surface area contributed by atoms with Crippen LogP contribution in [-0.4, -0.2) is 16.7 Å². The first-order valence-corrected chi connectivity index (χ1v) is 13.0. The average Bonchev–Trinajstić information content (AvgIpc) is 3.30. The van der Waals surface area contributed by atoms with E-state index >= 15 is 0 Å². The maximum Gasteiger partial charge on any atom is 0.257 e. The van der Waals surface area contributed by atoms with E-state index in [4.69, 9.17) is 16.1 Å². The fraction of sp³-hybridized carbons (Fsp3) is 0.500. The lowest BCUT2D eigenvalue weighted by Crippen LogP contribution is -2.16. The second-order valence-corrected chi connectivity index (χ2v) is 9.28. The molecule has 4 nitrogen and oxygen atoms in total. The van der Waals surface area contributed by atoms with Gasteiger partial charge in [0.05, 0.1) is 0 Å². The third kappa shape index (κ3) is 9.69. The SMILES string of the molecule is CCCCCCCCCCCc1noc(-c2ccc(CNCCc3cccc(Cl)c3)cc2)n1. The second-order valence-electron chi connectivity index (χ2n) is 8.85.